The zero-order valence-corrected chi connectivity index (χ0v) is 21.5. The van der Waals surface area contributed by atoms with Gasteiger partial charge < -0.3 is 25.0 Å². The molecule has 31 heavy (non-hydrogen) atoms. The van der Waals surface area contributed by atoms with E-state index in [1.165, 1.54) is 0 Å². The van der Waals surface area contributed by atoms with Crippen LogP contribution in [0.4, 0.5) is 0 Å². The lowest BCUT2D eigenvalue weighted by molar-refractivity contribution is 0.0168. The maximum Gasteiger partial charge on any atom is 0.253 e. The van der Waals surface area contributed by atoms with Gasteiger partial charge in [0.25, 0.3) is 5.91 Å². The summed E-state index contributed by atoms with van der Waals surface area (Å²) < 4.78 is 11.3. The van der Waals surface area contributed by atoms with Gasteiger partial charge in [-0.1, -0.05) is 12.1 Å². The molecule has 0 spiro atoms. The predicted molar refractivity (Wildman–Crippen MR) is 136 cm³/mol. The number of amides is 1. The minimum absolute atomic E-state index is 0. The Hall–Kier alpha value is -1.39. The van der Waals surface area contributed by atoms with Crippen molar-refractivity contribution in [3.63, 3.8) is 0 Å². The first-order chi connectivity index (χ1) is 14.7. The van der Waals surface area contributed by atoms with Crippen LogP contribution in [0, 0.1) is 0 Å². The third kappa shape index (κ3) is 10.2. The van der Waals surface area contributed by atoms with Crippen LogP contribution in [-0.4, -0.2) is 68.9 Å². The number of hydrogen-bond acceptors (Lipinski definition) is 4. The third-order valence-corrected chi connectivity index (χ3v) is 5.10. The topological polar surface area (TPSA) is 75.2 Å². The van der Waals surface area contributed by atoms with Crippen molar-refractivity contribution in [2.45, 2.75) is 52.7 Å². The van der Waals surface area contributed by atoms with Crippen LogP contribution in [-0.2, 0) is 16.0 Å². The number of aliphatic imine (C=N–C) groups is 1. The molecule has 0 aromatic heterocycles. The first-order valence-electron chi connectivity index (χ1n) is 11.3. The highest BCUT2D eigenvalue weighted by Gasteiger charge is 2.15. The Kier molecular flexibility index (Phi) is 14.5. The molecule has 1 aliphatic rings. The number of nitrogens with one attached hydrogen (secondary N) is 2. The van der Waals surface area contributed by atoms with Gasteiger partial charge in [-0.05, 0) is 57.7 Å². The fourth-order valence-electron chi connectivity index (χ4n) is 3.33. The van der Waals surface area contributed by atoms with Gasteiger partial charge in [-0.15, -0.1) is 24.0 Å². The van der Waals surface area contributed by atoms with Crippen molar-refractivity contribution < 1.29 is 14.3 Å². The van der Waals surface area contributed by atoms with Crippen LogP contribution < -0.4 is 10.6 Å². The van der Waals surface area contributed by atoms with Gasteiger partial charge in [0.15, 0.2) is 5.96 Å². The van der Waals surface area contributed by atoms with Crippen molar-refractivity contribution in [3.8, 4) is 0 Å². The Morgan fingerprint density at radius 1 is 1.19 bits per heavy atom. The molecule has 0 aliphatic carbocycles. The van der Waals surface area contributed by atoms with Gasteiger partial charge in [-0.3, -0.25) is 4.79 Å². The zero-order chi connectivity index (χ0) is 21.6. The van der Waals surface area contributed by atoms with Crippen molar-refractivity contribution >= 4 is 35.8 Å². The van der Waals surface area contributed by atoms with E-state index in [-0.39, 0.29) is 36.0 Å². The zero-order valence-electron chi connectivity index (χ0n) is 19.2. The van der Waals surface area contributed by atoms with Crippen molar-refractivity contribution in [3.05, 3.63) is 35.4 Å². The normalized spacial score (nSPS) is 16.0. The second-order valence-electron chi connectivity index (χ2n) is 7.36. The van der Waals surface area contributed by atoms with E-state index in [0.717, 1.165) is 69.1 Å². The highest BCUT2D eigenvalue weighted by molar-refractivity contribution is 14.0. The number of guanidine groups is 1. The first-order valence-corrected chi connectivity index (χ1v) is 11.3. The van der Waals surface area contributed by atoms with Crippen LogP contribution in [0.25, 0.3) is 0 Å². The molecular formula is C23H39IN4O3. The summed E-state index contributed by atoms with van der Waals surface area (Å²) in [5, 5.41) is 6.61. The Labute approximate surface area is 204 Å². The molecule has 1 aromatic rings. The Balaban J connectivity index is 0.00000480. The molecule has 2 rings (SSSR count). The van der Waals surface area contributed by atoms with E-state index in [1.54, 1.807) is 0 Å². The Bertz CT molecular complexity index is 645. The minimum atomic E-state index is 0. The SMILES string of the molecule is CCNC(=NCc1ccc(C(=O)N(CC)CC)cc1)NCCCOCC1CCCO1.I. The second-order valence-corrected chi connectivity index (χ2v) is 7.36. The van der Waals surface area contributed by atoms with E-state index in [9.17, 15) is 4.79 Å². The highest BCUT2D eigenvalue weighted by atomic mass is 127. The van der Waals surface area contributed by atoms with E-state index in [1.807, 2.05) is 43.0 Å². The monoisotopic (exact) mass is 546 g/mol. The van der Waals surface area contributed by atoms with Crippen LogP contribution >= 0.6 is 24.0 Å². The number of ether oxygens (including phenoxy) is 2. The average Bonchev–Trinajstić information content (AvgIpc) is 3.29. The third-order valence-electron chi connectivity index (χ3n) is 5.10. The summed E-state index contributed by atoms with van der Waals surface area (Å²) in [5.41, 5.74) is 1.79. The summed E-state index contributed by atoms with van der Waals surface area (Å²) in [7, 11) is 0. The van der Waals surface area contributed by atoms with Gasteiger partial charge in [-0.2, -0.15) is 0 Å². The fraction of sp³-hybridized carbons (Fsp3) is 0.652. The summed E-state index contributed by atoms with van der Waals surface area (Å²) in [4.78, 5) is 18.9. The van der Waals surface area contributed by atoms with Crippen molar-refractivity contribution in [2.75, 3.05) is 46.0 Å². The quantitative estimate of drug-likeness (QED) is 0.182. The summed E-state index contributed by atoms with van der Waals surface area (Å²) in [6.45, 7) is 11.9. The summed E-state index contributed by atoms with van der Waals surface area (Å²) in [6.07, 6.45) is 3.46. The smallest absolute Gasteiger partial charge is 0.253 e. The summed E-state index contributed by atoms with van der Waals surface area (Å²) in [5.74, 6) is 0.867. The molecule has 7 nitrogen and oxygen atoms in total. The van der Waals surface area contributed by atoms with Crippen LogP contribution in [0.1, 0.15) is 56.0 Å². The largest absolute Gasteiger partial charge is 0.379 e. The standard InChI is InChI=1S/C23H38N4O3.HI/c1-4-24-23(25-14-8-15-29-18-21-9-7-16-30-21)26-17-19-10-12-20(13-11-19)22(28)27(5-2)6-3;/h10-13,21H,4-9,14-18H2,1-3H3,(H2,24,25,26);1H. The molecule has 1 amide bonds. The Morgan fingerprint density at radius 2 is 1.94 bits per heavy atom. The molecular weight excluding hydrogens is 507 g/mol. The number of rotatable bonds is 12. The lowest BCUT2D eigenvalue weighted by Crippen LogP contribution is -2.38. The molecule has 176 valence electrons. The number of halogens is 1. The second kappa shape index (κ2) is 16.3. The van der Waals surface area contributed by atoms with E-state index in [0.29, 0.717) is 19.8 Å². The number of hydrogen-bond donors (Lipinski definition) is 2. The molecule has 0 saturated carbocycles. The van der Waals surface area contributed by atoms with Crippen molar-refractivity contribution in [2.24, 2.45) is 4.99 Å². The van der Waals surface area contributed by atoms with Gasteiger partial charge in [-0.25, -0.2) is 4.99 Å². The predicted octanol–water partition coefficient (Wildman–Crippen LogP) is 3.43. The average molecular weight is 546 g/mol. The lowest BCUT2D eigenvalue weighted by atomic mass is 10.1. The molecule has 1 atom stereocenters. The van der Waals surface area contributed by atoms with Crippen molar-refractivity contribution in [1.29, 1.82) is 0 Å². The van der Waals surface area contributed by atoms with Gasteiger partial charge in [0.1, 0.15) is 0 Å². The number of carbonyl (C=O) groups is 1. The molecule has 1 aromatic carbocycles. The fourth-order valence-corrected chi connectivity index (χ4v) is 3.33. The number of benzene rings is 1. The van der Waals surface area contributed by atoms with Gasteiger partial charge in [0.2, 0.25) is 0 Å². The van der Waals surface area contributed by atoms with E-state index >= 15 is 0 Å². The molecule has 1 aliphatic heterocycles. The molecule has 1 unspecified atom stereocenters. The summed E-state index contributed by atoms with van der Waals surface area (Å²) >= 11 is 0. The van der Waals surface area contributed by atoms with Gasteiger partial charge >= 0.3 is 0 Å². The molecule has 1 saturated heterocycles. The maximum absolute atomic E-state index is 12.4. The van der Waals surface area contributed by atoms with E-state index < -0.39 is 0 Å². The summed E-state index contributed by atoms with van der Waals surface area (Å²) in [6, 6.07) is 7.72. The maximum atomic E-state index is 12.4. The molecule has 0 radical (unpaired) electrons. The Morgan fingerprint density at radius 3 is 2.55 bits per heavy atom. The minimum Gasteiger partial charge on any atom is -0.379 e. The molecule has 2 N–H and O–H groups in total. The molecule has 1 fully saturated rings. The van der Waals surface area contributed by atoms with Crippen LogP contribution in [0.2, 0.25) is 0 Å². The van der Waals surface area contributed by atoms with Gasteiger partial charge in [0, 0.05) is 45.0 Å². The lowest BCUT2D eigenvalue weighted by Gasteiger charge is -2.18. The van der Waals surface area contributed by atoms with Crippen LogP contribution in [0.5, 0.6) is 0 Å². The van der Waals surface area contributed by atoms with E-state index in [4.69, 9.17) is 9.47 Å². The first kappa shape index (κ1) is 27.6. The highest BCUT2D eigenvalue weighted by Crippen LogP contribution is 2.12. The van der Waals surface area contributed by atoms with E-state index in [2.05, 4.69) is 22.5 Å². The molecule has 8 heteroatoms. The molecule has 0 bridgehead atoms. The number of nitrogens with zero attached hydrogens (tertiary/aromatic N) is 2. The van der Waals surface area contributed by atoms with Crippen molar-refractivity contribution in [1.82, 2.24) is 15.5 Å². The van der Waals surface area contributed by atoms with Crippen LogP contribution in [0.15, 0.2) is 29.3 Å². The van der Waals surface area contributed by atoms with Gasteiger partial charge in [0.05, 0.1) is 19.3 Å². The van der Waals surface area contributed by atoms with Crippen LogP contribution in [0.3, 0.4) is 0 Å². The number of carbonyl (C=O) groups excluding carboxylic acids is 1. The molecule has 1 heterocycles.